The third kappa shape index (κ3) is 8.64. The second-order valence-corrected chi connectivity index (χ2v) is 18.1. The Kier molecular flexibility index (Phi) is 11.9. The number of hydrogen-bond donors (Lipinski definition) is 3. The number of carbonyl (C=O) groups is 5. The minimum atomic E-state index is -1.42. The maximum atomic E-state index is 14.9. The van der Waals surface area contributed by atoms with E-state index < -0.39 is 77.1 Å². The Morgan fingerprint density at radius 1 is 0.968 bits per heavy atom. The zero-order chi connectivity index (χ0) is 44.0. The highest BCUT2D eigenvalue weighted by atomic mass is 16.8. The van der Waals surface area contributed by atoms with E-state index >= 15 is 0 Å². The highest BCUT2D eigenvalue weighted by Crippen LogP contribution is 2.58. The predicted molar refractivity (Wildman–Crippen MR) is 223 cm³/mol. The van der Waals surface area contributed by atoms with Crippen LogP contribution in [0, 0.1) is 5.41 Å². The summed E-state index contributed by atoms with van der Waals surface area (Å²) in [5, 5.41) is 17.4. The lowest BCUT2D eigenvalue weighted by Gasteiger charge is -2.48. The maximum absolute atomic E-state index is 14.9. The summed E-state index contributed by atoms with van der Waals surface area (Å²) in [6.07, 6.45) is 1.49. The molecule has 0 unspecified atom stereocenters. The highest BCUT2D eigenvalue weighted by molar-refractivity contribution is 5.95. The summed E-state index contributed by atoms with van der Waals surface area (Å²) in [6.45, 7) is 5.11. The van der Waals surface area contributed by atoms with E-state index in [2.05, 4.69) is 10.6 Å². The van der Waals surface area contributed by atoms with E-state index in [4.69, 9.17) is 23.8 Å². The number of aliphatic hydroxyl groups is 1. The molecule has 1 spiro atoms. The summed E-state index contributed by atoms with van der Waals surface area (Å²) in [7, 11) is 3.36. The summed E-state index contributed by atoms with van der Waals surface area (Å²) >= 11 is 0. The quantitative estimate of drug-likeness (QED) is 0.169. The van der Waals surface area contributed by atoms with E-state index in [9.17, 15) is 29.1 Å². The molecule has 4 fully saturated rings. The van der Waals surface area contributed by atoms with Gasteiger partial charge in [-0.05, 0) is 73.2 Å². The van der Waals surface area contributed by atoms with Crippen molar-refractivity contribution >= 4 is 35.7 Å². The van der Waals surface area contributed by atoms with Crippen molar-refractivity contribution < 1.29 is 52.9 Å². The number of amides is 3. The van der Waals surface area contributed by atoms with E-state index in [0.717, 1.165) is 22.3 Å². The van der Waals surface area contributed by atoms with E-state index in [0.29, 0.717) is 24.0 Å². The molecule has 3 heterocycles. The molecule has 3 N–H and O–H groups in total. The van der Waals surface area contributed by atoms with Crippen LogP contribution >= 0.6 is 0 Å². The van der Waals surface area contributed by atoms with Crippen molar-refractivity contribution in [3.8, 4) is 0 Å². The van der Waals surface area contributed by atoms with Crippen LogP contribution in [0.1, 0.15) is 78.2 Å². The molecular weight excluding hydrogens is 797 g/mol. The third-order valence-corrected chi connectivity index (χ3v) is 12.2. The number of nitrogens with one attached hydrogen (secondary N) is 2. The number of esters is 2. The number of fused-ring (bicyclic) bond motifs is 5. The van der Waals surface area contributed by atoms with Crippen LogP contribution in [0.5, 0.6) is 0 Å². The lowest BCUT2D eigenvalue weighted by atomic mass is 9.62. The fourth-order valence-electron chi connectivity index (χ4n) is 9.32. The molecule has 15 heteroatoms. The number of rotatable bonds is 13. The molecule has 2 bridgehead atoms. The smallest absolute Gasteiger partial charge is 0.327 e. The minimum Gasteiger partial charge on any atom is -0.460 e. The molecule has 1 saturated carbocycles. The third-order valence-electron chi connectivity index (χ3n) is 12.2. The highest BCUT2D eigenvalue weighted by Gasteiger charge is 2.76. The van der Waals surface area contributed by atoms with Crippen molar-refractivity contribution in [3.05, 3.63) is 112 Å². The van der Waals surface area contributed by atoms with Gasteiger partial charge in [0.25, 0.3) is 5.91 Å². The Labute approximate surface area is 360 Å². The van der Waals surface area contributed by atoms with Gasteiger partial charge in [-0.3, -0.25) is 28.8 Å². The van der Waals surface area contributed by atoms with E-state index in [1.165, 1.54) is 16.0 Å². The first-order valence-corrected chi connectivity index (χ1v) is 21.1. The van der Waals surface area contributed by atoms with Crippen LogP contribution in [0.4, 0.5) is 0 Å². The number of carbonyl (C=O) groups excluding carboxylic acids is 5. The Balaban J connectivity index is 1.01. The zero-order valence-corrected chi connectivity index (χ0v) is 35.6. The normalized spacial score (nSPS) is 26.1. The lowest BCUT2D eigenvalue weighted by molar-refractivity contribution is -0.217. The van der Waals surface area contributed by atoms with Crippen molar-refractivity contribution in [1.82, 2.24) is 20.6 Å². The molecule has 3 aliphatic heterocycles. The topological polar surface area (TPSA) is 182 Å². The first-order chi connectivity index (χ1) is 29.6. The Bertz CT molecular complexity index is 2230. The molecule has 0 radical (unpaired) electrons. The number of nitrogens with zero attached hydrogens (tertiary/aromatic N) is 2. The summed E-state index contributed by atoms with van der Waals surface area (Å²) in [5.74, 6) is -3.04. The summed E-state index contributed by atoms with van der Waals surface area (Å²) < 4.78 is 25.1. The van der Waals surface area contributed by atoms with Gasteiger partial charge in [-0.1, -0.05) is 60.7 Å². The van der Waals surface area contributed by atoms with Gasteiger partial charge in [0.2, 0.25) is 11.8 Å². The fourth-order valence-corrected chi connectivity index (χ4v) is 9.32. The molecular formula is C47H54N4O11. The molecule has 8 rings (SSSR count). The van der Waals surface area contributed by atoms with Crippen molar-refractivity contribution in [1.29, 1.82) is 0 Å². The number of hydrogen-bond acceptors (Lipinski definition) is 12. The van der Waals surface area contributed by atoms with Crippen molar-refractivity contribution in [2.24, 2.45) is 5.41 Å². The first kappa shape index (κ1) is 43.2. The molecule has 2 aliphatic carbocycles. The van der Waals surface area contributed by atoms with Crippen LogP contribution < -0.4 is 10.6 Å². The standard InChI is InChI=1S/C47H54N4O11/c1-45(2,3)59-37(54)20-18-34(27-52)49-42(55)31-12-8-9-30(21-31)25-48-44(57)47-24-35-38-39(61-46(60-38)22-32-10-6-7-11-33(32)23-46)41(47)62-51(40(47)43(56)58-35)26-29-15-13-28(14-16-29)17-19-36(53)50(4)5/h6-17,19,21,34-35,38-41,52H,18,20,22-27H2,1-5H3,(H,48,57)(H,49,55)/t34-,35-,38-,39-,40-,41+,47-/m0/s1. The maximum Gasteiger partial charge on any atom is 0.327 e. The largest absolute Gasteiger partial charge is 0.460 e. The van der Waals surface area contributed by atoms with Gasteiger partial charge >= 0.3 is 11.9 Å². The number of benzene rings is 3. The molecule has 3 aromatic rings. The summed E-state index contributed by atoms with van der Waals surface area (Å²) in [5.41, 5.74) is 2.68. The average Bonchev–Trinajstić information content (AvgIpc) is 3.91. The van der Waals surface area contributed by atoms with Crippen LogP contribution in [0.2, 0.25) is 0 Å². The molecule has 5 aliphatic rings. The molecule has 3 aromatic carbocycles. The van der Waals surface area contributed by atoms with Gasteiger partial charge in [0, 0.05) is 58.0 Å². The summed E-state index contributed by atoms with van der Waals surface area (Å²) in [6, 6.07) is 20.5. The Hall–Kier alpha value is -5.45. The average molecular weight is 851 g/mol. The Morgan fingerprint density at radius 3 is 2.35 bits per heavy atom. The second-order valence-electron chi connectivity index (χ2n) is 18.1. The first-order valence-electron chi connectivity index (χ1n) is 21.1. The molecule has 3 amide bonds. The zero-order valence-electron chi connectivity index (χ0n) is 35.6. The van der Waals surface area contributed by atoms with Crippen LogP contribution in [0.15, 0.2) is 78.9 Å². The number of likely N-dealkylation sites (N-methyl/N-ethyl adjacent to an activating group) is 1. The monoisotopic (exact) mass is 850 g/mol. The van der Waals surface area contributed by atoms with Gasteiger partial charge in [-0.15, -0.1) is 0 Å². The molecule has 328 valence electrons. The van der Waals surface area contributed by atoms with E-state index in [1.807, 2.05) is 48.5 Å². The second kappa shape index (κ2) is 17.0. The van der Waals surface area contributed by atoms with Crippen LogP contribution in [-0.2, 0) is 68.9 Å². The Morgan fingerprint density at radius 2 is 1.68 bits per heavy atom. The van der Waals surface area contributed by atoms with Crippen molar-refractivity contribution in [3.63, 3.8) is 0 Å². The molecule has 15 nitrogen and oxygen atoms in total. The molecule has 0 aromatic heterocycles. The van der Waals surface area contributed by atoms with Gasteiger partial charge in [0.05, 0.1) is 19.2 Å². The lowest BCUT2D eigenvalue weighted by Crippen LogP contribution is -2.69. The minimum absolute atomic E-state index is 0.0197. The van der Waals surface area contributed by atoms with E-state index in [1.54, 1.807) is 65.2 Å². The van der Waals surface area contributed by atoms with Gasteiger partial charge < -0.3 is 39.6 Å². The predicted octanol–water partition coefficient (Wildman–Crippen LogP) is 3.40. The summed E-state index contributed by atoms with van der Waals surface area (Å²) in [4.78, 5) is 75.0. The van der Waals surface area contributed by atoms with Gasteiger partial charge in [0.1, 0.15) is 35.4 Å². The van der Waals surface area contributed by atoms with Crippen LogP contribution in [-0.4, -0.2) is 113 Å². The number of aliphatic hydroxyl groups excluding tert-OH is 1. The fraction of sp³-hybridized carbons (Fsp3) is 0.468. The van der Waals surface area contributed by atoms with Crippen molar-refractivity contribution in [2.75, 3.05) is 20.7 Å². The molecule has 7 atom stereocenters. The van der Waals surface area contributed by atoms with Gasteiger partial charge in [-0.25, -0.2) is 0 Å². The van der Waals surface area contributed by atoms with Gasteiger partial charge in [0.15, 0.2) is 11.8 Å². The SMILES string of the molecule is CN(C)C(=O)C=Cc1ccc(CN2O[C@@H]3[C@H]4OC5(Cc6ccccc6C5)O[C@H]4[C@@H]4C[C@]3(C(=O)NCc3cccc(C(=O)N[C@H](CO)CCC(=O)OC(C)(C)C)c3)[C@@H]2C(=O)O4)cc1. The van der Waals surface area contributed by atoms with Crippen molar-refractivity contribution in [2.45, 2.75) is 114 Å². The van der Waals surface area contributed by atoms with Gasteiger partial charge in [-0.2, -0.15) is 5.06 Å². The number of hydroxylamine groups is 2. The molecule has 62 heavy (non-hydrogen) atoms. The van der Waals surface area contributed by atoms with Crippen LogP contribution in [0.25, 0.3) is 6.08 Å². The molecule has 3 saturated heterocycles. The van der Waals surface area contributed by atoms with E-state index in [-0.39, 0.29) is 44.9 Å². The number of ether oxygens (including phenoxy) is 4. The van der Waals surface area contributed by atoms with Crippen LogP contribution in [0.3, 0.4) is 0 Å².